The first kappa shape index (κ1) is 18.4. The summed E-state index contributed by atoms with van der Waals surface area (Å²) < 4.78 is 0. The summed E-state index contributed by atoms with van der Waals surface area (Å²) in [6.45, 7) is 1.79. The number of carbonyl (C=O) groups is 1. The van der Waals surface area contributed by atoms with Crippen molar-refractivity contribution in [2.75, 3.05) is 23.7 Å². The van der Waals surface area contributed by atoms with Crippen molar-refractivity contribution in [1.82, 2.24) is 9.88 Å². The van der Waals surface area contributed by atoms with Crippen LogP contribution in [-0.4, -0.2) is 40.3 Å². The number of nitrogens with one attached hydrogen (secondary N) is 2. The van der Waals surface area contributed by atoms with Gasteiger partial charge in [0, 0.05) is 18.3 Å². The zero-order valence-corrected chi connectivity index (χ0v) is 16.6. The first-order valence-electron chi connectivity index (χ1n) is 10.2. The molecule has 1 saturated heterocycles. The van der Waals surface area contributed by atoms with Gasteiger partial charge in [-0.3, -0.25) is 9.79 Å². The topological polar surface area (TPSA) is 69.6 Å². The summed E-state index contributed by atoms with van der Waals surface area (Å²) in [6, 6.07) is 23.5. The summed E-state index contributed by atoms with van der Waals surface area (Å²) >= 11 is 0. The van der Waals surface area contributed by atoms with E-state index in [-0.39, 0.29) is 5.91 Å². The highest BCUT2D eigenvalue weighted by Gasteiger charge is 2.47. The summed E-state index contributed by atoms with van der Waals surface area (Å²) in [4.78, 5) is 24.3. The molecule has 1 fully saturated rings. The number of rotatable bonds is 3. The first-order chi connectivity index (χ1) is 14.7. The molecule has 0 radical (unpaired) electrons. The van der Waals surface area contributed by atoms with Crippen molar-refractivity contribution in [1.29, 1.82) is 0 Å². The van der Waals surface area contributed by atoms with E-state index in [0.29, 0.717) is 25.2 Å². The van der Waals surface area contributed by atoms with Crippen LogP contribution in [0.4, 0.5) is 11.5 Å². The van der Waals surface area contributed by atoms with Gasteiger partial charge < -0.3 is 15.5 Å². The van der Waals surface area contributed by atoms with Gasteiger partial charge in [0.2, 0.25) is 0 Å². The summed E-state index contributed by atoms with van der Waals surface area (Å²) in [5.41, 5.74) is 2.34. The molecule has 0 bridgehead atoms. The number of anilines is 2. The number of aromatic nitrogens is 1. The molecule has 2 aliphatic heterocycles. The molecule has 3 heterocycles. The molecule has 0 aliphatic carbocycles. The lowest BCUT2D eigenvalue weighted by molar-refractivity contribution is 0.0789. The van der Waals surface area contributed by atoms with Crippen LogP contribution < -0.4 is 10.6 Å². The molecule has 5 rings (SSSR count). The summed E-state index contributed by atoms with van der Waals surface area (Å²) in [5.74, 6) is 1.65. The third kappa shape index (κ3) is 3.41. The highest BCUT2D eigenvalue weighted by atomic mass is 16.2. The van der Waals surface area contributed by atoms with Crippen molar-refractivity contribution in [3.05, 3.63) is 90.1 Å². The molecule has 30 heavy (non-hydrogen) atoms. The fourth-order valence-electron chi connectivity index (χ4n) is 4.14. The van der Waals surface area contributed by atoms with E-state index >= 15 is 0 Å². The molecule has 0 unspecified atom stereocenters. The van der Waals surface area contributed by atoms with Crippen LogP contribution in [0.3, 0.4) is 0 Å². The molecule has 2 aliphatic rings. The molecule has 2 aromatic carbocycles. The quantitative estimate of drug-likeness (QED) is 0.705. The lowest BCUT2D eigenvalue weighted by Crippen LogP contribution is -2.55. The van der Waals surface area contributed by atoms with Crippen LogP contribution in [-0.2, 0) is 6.54 Å². The lowest BCUT2D eigenvalue weighted by Gasteiger charge is -2.38. The van der Waals surface area contributed by atoms with Gasteiger partial charge in [0.1, 0.15) is 11.4 Å². The average molecular weight is 397 g/mol. The Morgan fingerprint density at radius 2 is 1.80 bits per heavy atom. The number of hydrogen-bond acceptors (Lipinski definition) is 4. The van der Waals surface area contributed by atoms with Crippen LogP contribution in [0.2, 0.25) is 0 Å². The van der Waals surface area contributed by atoms with Crippen LogP contribution in [0.5, 0.6) is 0 Å². The Morgan fingerprint density at radius 1 is 1.03 bits per heavy atom. The van der Waals surface area contributed by atoms with Crippen LogP contribution in [0.1, 0.15) is 22.3 Å². The number of aliphatic imine (C=N–C) groups is 1. The van der Waals surface area contributed by atoms with Crippen molar-refractivity contribution >= 4 is 23.2 Å². The van der Waals surface area contributed by atoms with Gasteiger partial charge in [0.15, 0.2) is 5.82 Å². The minimum Gasteiger partial charge on any atom is -0.368 e. The van der Waals surface area contributed by atoms with Crippen LogP contribution in [0.15, 0.2) is 84.0 Å². The average Bonchev–Trinajstić information content (AvgIpc) is 3.23. The second-order valence-electron chi connectivity index (χ2n) is 7.72. The van der Waals surface area contributed by atoms with Crippen molar-refractivity contribution in [3.8, 4) is 0 Å². The van der Waals surface area contributed by atoms with E-state index in [9.17, 15) is 4.79 Å². The second kappa shape index (κ2) is 7.63. The molecule has 1 aromatic heterocycles. The van der Waals surface area contributed by atoms with E-state index in [0.717, 1.165) is 29.3 Å². The fraction of sp³-hybridized carbons (Fsp3) is 0.208. The summed E-state index contributed by atoms with van der Waals surface area (Å²) in [5, 5.41) is 7.08. The summed E-state index contributed by atoms with van der Waals surface area (Å²) in [6.07, 6.45) is 2.54. The van der Waals surface area contributed by atoms with Crippen molar-refractivity contribution in [2.45, 2.75) is 18.5 Å². The fourth-order valence-corrected chi connectivity index (χ4v) is 4.14. The number of pyridine rings is 1. The number of fused-ring (bicyclic) bond motifs is 1. The third-order valence-electron chi connectivity index (χ3n) is 5.71. The van der Waals surface area contributed by atoms with Gasteiger partial charge in [-0.1, -0.05) is 48.5 Å². The number of amidine groups is 1. The molecule has 2 N–H and O–H groups in total. The number of carbonyl (C=O) groups excluding carboxylic acids is 1. The van der Waals surface area contributed by atoms with E-state index in [1.54, 1.807) is 6.20 Å². The van der Waals surface area contributed by atoms with Crippen molar-refractivity contribution in [3.63, 3.8) is 0 Å². The van der Waals surface area contributed by atoms with E-state index in [2.05, 4.69) is 27.8 Å². The predicted molar refractivity (Wildman–Crippen MR) is 119 cm³/mol. The predicted octanol–water partition coefficient (Wildman–Crippen LogP) is 3.80. The largest absolute Gasteiger partial charge is 0.368 e. The van der Waals surface area contributed by atoms with Gasteiger partial charge in [0.25, 0.3) is 5.91 Å². The van der Waals surface area contributed by atoms with Gasteiger partial charge in [-0.15, -0.1) is 0 Å². The van der Waals surface area contributed by atoms with E-state index in [1.807, 2.05) is 65.6 Å². The molecule has 1 atom stereocenters. The zero-order valence-electron chi connectivity index (χ0n) is 16.6. The normalized spacial score (nSPS) is 21.2. The number of likely N-dealkylation sites (tertiary alicyclic amines) is 1. The number of benzene rings is 2. The Hall–Kier alpha value is -3.67. The third-order valence-corrected chi connectivity index (χ3v) is 5.71. The van der Waals surface area contributed by atoms with Gasteiger partial charge >= 0.3 is 0 Å². The number of nitrogens with zero attached hydrogens (tertiary/aromatic N) is 3. The molecule has 1 amide bonds. The maximum absolute atomic E-state index is 13.0. The Kier molecular flexibility index (Phi) is 4.67. The molecular weight excluding hydrogens is 374 g/mol. The van der Waals surface area contributed by atoms with Crippen molar-refractivity contribution in [2.24, 2.45) is 4.99 Å². The Bertz CT molecular complexity index is 1080. The first-order valence-corrected chi connectivity index (χ1v) is 10.2. The van der Waals surface area contributed by atoms with Crippen molar-refractivity contribution < 1.29 is 4.79 Å². The molecular formula is C24H23N5O. The highest BCUT2D eigenvalue weighted by Crippen LogP contribution is 2.36. The molecule has 0 saturated carbocycles. The Morgan fingerprint density at radius 3 is 2.60 bits per heavy atom. The van der Waals surface area contributed by atoms with Gasteiger partial charge in [-0.05, 0) is 36.2 Å². The minimum absolute atomic E-state index is 0.0497. The number of hydrogen-bond donors (Lipinski definition) is 2. The second-order valence-corrected chi connectivity index (χ2v) is 7.72. The summed E-state index contributed by atoms with van der Waals surface area (Å²) in [7, 11) is 0. The lowest BCUT2D eigenvalue weighted by atomic mass is 9.93. The molecule has 150 valence electrons. The smallest absolute Gasteiger partial charge is 0.253 e. The van der Waals surface area contributed by atoms with E-state index < -0.39 is 5.54 Å². The SMILES string of the molecule is O=C(c1ccccc1)N1CC[C@@]2(C1)Nc1cccnc1NC2=NCc1ccccc1. The standard InChI is InChI=1S/C24H23N5O/c30-22(19-10-5-2-6-11-19)29-15-13-24(17-29)23(26-16-18-8-3-1-4-9-18)27-21-20(28-24)12-7-14-25-21/h1-12,14,28H,13,15-17H2,(H,25,26,27)/t24-/m0/s1. The molecule has 6 nitrogen and oxygen atoms in total. The zero-order chi connectivity index (χ0) is 20.4. The molecule has 1 spiro atoms. The maximum Gasteiger partial charge on any atom is 0.253 e. The van der Waals surface area contributed by atoms with E-state index in [4.69, 9.17) is 4.99 Å². The Labute approximate surface area is 175 Å². The van der Waals surface area contributed by atoms with E-state index in [1.165, 1.54) is 0 Å². The van der Waals surface area contributed by atoms with Gasteiger partial charge in [-0.2, -0.15) is 0 Å². The number of amides is 1. The molecule has 6 heteroatoms. The highest BCUT2D eigenvalue weighted by molar-refractivity contribution is 6.09. The maximum atomic E-state index is 13.0. The van der Waals surface area contributed by atoms with Crippen LogP contribution >= 0.6 is 0 Å². The van der Waals surface area contributed by atoms with Crippen LogP contribution in [0, 0.1) is 0 Å². The van der Waals surface area contributed by atoms with Gasteiger partial charge in [0.05, 0.1) is 18.8 Å². The van der Waals surface area contributed by atoms with Gasteiger partial charge in [-0.25, -0.2) is 4.98 Å². The minimum atomic E-state index is -0.449. The van der Waals surface area contributed by atoms with Crippen LogP contribution in [0.25, 0.3) is 0 Å². The molecule has 3 aromatic rings. The Balaban J connectivity index is 1.45. The monoisotopic (exact) mass is 397 g/mol.